The smallest absolute Gasteiger partial charge is 0.211 e. The highest BCUT2D eigenvalue weighted by molar-refractivity contribution is 5.32. The van der Waals surface area contributed by atoms with E-state index in [0.29, 0.717) is 18.4 Å². The molecule has 2 rings (SSSR count). The molecule has 1 aromatic carbocycles. The molecule has 3 heteroatoms. The van der Waals surface area contributed by atoms with Gasteiger partial charge in [0.1, 0.15) is 5.75 Å². The number of hydrogen-bond acceptors (Lipinski definition) is 3. The number of phenolic OH excluding ortho intramolecular Hbond substituents is 1. The van der Waals surface area contributed by atoms with Crippen molar-refractivity contribution in [2.24, 2.45) is 5.89 Å². The maximum atomic E-state index is 9.77. The number of aliphatic hydroxyl groups is 1. The van der Waals surface area contributed by atoms with E-state index in [1.54, 1.807) is 12.1 Å². The predicted octanol–water partition coefficient (Wildman–Crippen LogP) is 2.33. The van der Waals surface area contributed by atoms with Gasteiger partial charge in [0, 0.05) is 16.6 Å². The Hall–Kier alpha value is -1.06. The highest BCUT2D eigenvalue weighted by Crippen LogP contribution is 2.42. The molecule has 1 aromatic rings. The summed E-state index contributed by atoms with van der Waals surface area (Å²) in [5.41, 5.74) is -1.41. The Morgan fingerprint density at radius 2 is 2.39 bits per heavy atom. The van der Waals surface area contributed by atoms with Gasteiger partial charge in [0.15, 0.2) is 0 Å². The number of phenols is 1. The largest absolute Gasteiger partial charge is 0.508 e. The Labute approximate surface area is 115 Å². The van der Waals surface area contributed by atoms with Crippen molar-refractivity contribution in [3.8, 4) is 5.75 Å². The summed E-state index contributed by atoms with van der Waals surface area (Å²) in [6.45, 7) is 0.265. The number of hydrogen-bond donors (Lipinski definition) is 2. The van der Waals surface area contributed by atoms with Gasteiger partial charge in [-0.3, -0.25) is 0 Å². The van der Waals surface area contributed by atoms with Crippen LogP contribution in [0.25, 0.3) is 0 Å². The van der Waals surface area contributed by atoms with Crippen molar-refractivity contribution >= 4 is 0 Å². The summed E-state index contributed by atoms with van der Waals surface area (Å²) >= 11 is 0. The van der Waals surface area contributed by atoms with E-state index in [0.717, 1.165) is 0 Å². The molecule has 0 aliphatic heterocycles. The first-order valence-electron chi connectivity index (χ1n) is 8.18. The highest BCUT2D eigenvalue weighted by Gasteiger charge is 2.40. The highest BCUT2D eigenvalue weighted by atomic mass is 16.3. The lowest BCUT2D eigenvalue weighted by atomic mass is 9.71. The van der Waals surface area contributed by atoms with Crippen LogP contribution in [-0.4, -0.2) is 37.2 Å². The van der Waals surface area contributed by atoms with Crippen LogP contribution in [0.4, 0.5) is 0 Å². The second-order valence-electron chi connectivity index (χ2n) is 5.10. The lowest BCUT2D eigenvalue weighted by Gasteiger charge is -2.41. The molecule has 0 spiro atoms. The first-order chi connectivity index (χ1) is 10.2. The van der Waals surface area contributed by atoms with Crippen molar-refractivity contribution < 1.29 is 14.3 Å². The summed E-state index contributed by atoms with van der Waals surface area (Å²) in [4.78, 5) is 1.81. The van der Waals surface area contributed by atoms with Gasteiger partial charge < -0.3 is 15.1 Å². The molecule has 0 bridgehead atoms. The molecule has 2 N–H and O–H groups in total. The zero-order valence-electron chi connectivity index (χ0n) is 14.9. The second kappa shape index (κ2) is 5.29. The van der Waals surface area contributed by atoms with Crippen molar-refractivity contribution in [2.45, 2.75) is 31.2 Å². The van der Waals surface area contributed by atoms with E-state index in [9.17, 15) is 5.11 Å². The Kier molecular flexibility index (Phi) is 2.63. The quantitative estimate of drug-likeness (QED) is 0.865. The van der Waals surface area contributed by atoms with E-state index in [-0.39, 0.29) is 18.7 Å². The third kappa shape index (κ3) is 2.68. The van der Waals surface area contributed by atoms with Crippen LogP contribution in [0.5, 0.6) is 5.75 Å². The third-order valence-corrected chi connectivity index (χ3v) is 3.29. The van der Waals surface area contributed by atoms with Crippen LogP contribution in [0.1, 0.15) is 35.3 Å². The first-order valence-corrected chi connectivity index (χ1v) is 6.27. The van der Waals surface area contributed by atoms with Crippen molar-refractivity contribution in [3.05, 3.63) is 29.8 Å². The normalized spacial score (nSPS) is 38.6. The maximum Gasteiger partial charge on any atom is 0.211 e. The summed E-state index contributed by atoms with van der Waals surface area (Å²) in [5, 5.41) is 14.8. The van der Waals surface area contributed by atoms with Crippen LogP contribution in [0.2, 0.25) is 0 Å². The molecule has 0 aromatic heterocycles. The standard InChI is InChI=1S/C15H23NO2/c1-16(2)11-13-6-3-4-9-15(13,18)12-7-5-8-14(17)10-12/h5,7-8,10,13,17-18H,3-4,6,9,11H2,1-2H3/t13-,15+/m0/s1/i9D2,13D,18D. The van der Waals surface area contributed by atoms with Crippen LogP contribution in [0.15, 0.2) is 24.3 Å². The molecule has 1 aliphatic carbocycles. The van der Waals surface area contributed by atoms with Gasteiger partial charge in [-0.05, 0) is 44.6 Å². The molecular weight excluding hydrogens is 226 g/mol. The molecule has 1 aliphatic rings. The SMILES string of the molecule is [2H]O[C@@]1(c2cccc(O)c2)C([2H])([2H])CCC[C@@]1([2H])CN(C)C. The Bertz CT molecular complexity index is 540. The minimum absolute atomic E-state index is 0.0255. The molecule has 0 radical (unpaired) electrons. The molecule has 100 valence electrons. The van der Waals surface area contributed by atoms with Gasteiger partial charge in [0.05, 0.1) is 5.60 Å². The molecule has 1 saturated carbocycles. The monoisotopic (exact) mass is 253 g/mol. The third-order valence-electron chi connectivity index (χ3n) is 3.29. The molecule has 0 saturated heterocycles. The van der Waals surface area contributed by atoms with Crippen molar-refractivity contribution in [1.82, 2.24) is 4.90 Å². The van der Waals surface area contributed by atoms with E-state index in [1.807, 2.05) is 19.0 Å². The van der Waals surface area contributed by atoms with Gasteiger partial charge in [0.25, 0.3) is 0 Å². The zero-order chi connectivity index (χ0) is 16.6. The van der Waals surface area contributed by atoms with E-state index >= 15 is 0 Å². The summed E-state index contributed by atoms with van der Waals surface area (Å²) in [7, 11) is 3.63. The lowest BCUT2D eigenvalue weighted by Crippen LogP contribution is -2.43. The van der Waals surface area contributed by atoms with Gasteiger partial charge in [-0.2, -0.15) is 0 Å². The average Bonchev–Trinajstić information content (AvgIpc) is 2.37. The summed E-state index contributed by atoms with van der Waals surface area (Å²) < 4.78 is 33.4. The van der Waals surface area contributed by atoms with Gasteiger partial charge >= 0.3 is 0 Å². The van der Waals surface area contributed by atoms with Crippen LogP contribution in [0.3, 0.4) is 0 Å². The van der Waals surface area contributed by atoms with Crippen LogP contribution in [-0.2, 0) is 5.60 Å². The van der Waals surface area contributed by atoms with Gasteiger partial charge in [-0.15, -0.1) is 0 Å². The Morgan fingerprint density at radius 3 is 3.06 bits per heavy atom. The van der Waals surface area contributed by atoms with E-state index in [4.69, 9.17) is 10.7 Å². The number of aromatic hydroxyl groups is 1. The molecule has 0 heterocycles. The fraction of sp³-hybridized carbons (Fsp3) is 0.600. The molecule has 1 fully saturated rings. The summed E-state index contributed by atoms with van der Waals surface area (Å²) in [5.74, 6) is -1.35. The molecular formula is C15H23NO2. The lowest BCUT2D eigenvalue weighted by molar-refractivity contribution is -0.0619. The topological polar surface area (TPSA) is 43.7 Å². The molecule has 3 nitrogen and oxygen atoms in total. The second-order valence-corrected chi connectivity index (χ2v) is 5.10. The molecule has 2 atom stereocenters. The van der Waals surface area contributed by atoms with Crippen LogP contribution in [0, 0.1) is 5.89 Å². The van der Waals surface area contributed by atoms with Gasteiger partial charge in [0.2, 0.25) is 1.43 Å². The first kappa shape index (κ1) is 8.94. The fourth-order valence-electron chi connectivity index (χ4n) is 2.47. The summed E-state index contributed by atoms with van der Waals surface area (Å²) in [6.07, 6.45) is -0.665. The zero-order valence-corrected chi connectivity index (χ0v) is 10.9. The van der Waals surface area contributed by atoms with Gasteiger partial charge in [-0.1, -0.05) is 25.0 Å². The van der Waals surface area contributed by atoms with E-state index in [2.05, 4.69) is 0 Å². The minimum atomic E-state index is -1.88. The van der Waals surface area contributed by atoms with E-state index < -0.39 is 17.9 Å². The van der Waals surface area contributed by atoms with Crippen LogP contribution >= 0.6 is 0 Å². The Morgan fingerprint density at radius 1 is 1.56 bits per heavy atom. The number of rotatable bonds is 4. The van der Waals surface area contributed by atoms with Crippen molar-refractivity contribution in [2.75, 3.05) is 20.6 Å². The number of nitrogens with zero attached hydrogens (tertiary/aromatic N) is 1. The molecule has 18 heavy (non-hydrogen) atoms. The van der Waals surface area contributed by atoms with Crippen LogP contribution < -0.4 is 0 Å². The maximum absolute atomic E-state index is 9.77. The van der Waals surface area contributed by atoms with Crippen molar-refractivity contribution in [3.63, 3.8) is 0 Å². The fourth-order valence-corrected chi connectivity index (χ4v) is 2.47. The van der Waals surface area contributed by atoms with Crippen molar-refractivity contribution in [1.29, 1.82) is 1.43 Å². The average molecular weight is 253 g/mol. The minimum Gasteiger partial charge on any atom is -0.508 e. The summed E-state index contributed by atoms with van der Waals surface area (Å²) in [6, 6.07) is 6.09. The molecule has 0 unspecified atom stereocenters. The Balaban J connectivity index is 2.67. The van der Waals surface area contributed by atoms with Gasteiger partial charge in [-0.25, -0.2) is 0 Å². The molecule has 0 amide bonds. The number of benzene rings is 1. The van der Waals surface area contributed by atoms with E-state index in [1.165, 1.54) is 12.1 Å². The predicted molar refractivity (Wildman–Crippen MR) is 72.5 cm³/mol.